The molecule has 0 bridgehead atoms. The number of likely N-dealkylation sites (N-methyl/N-ethyl adjacent to an activating group) is 1. The van der Waals surface area contributed by atoms with Crippen molar-refractivity contribution in [3.05, 3.63) is 29.8 Å². The molecule has 140 valence electrons. The van der Waals surface area contributed by atoms with Gasteiger partial charge in [0.25, 0.3) is 0 Å². The molecule has 0 saturated carbocycles. The predicted octanol–water partition coefficient (Wildman–Crippen LogP) is 1.84. The number of benzene rings is 1. The van der Waals surface area contributed by atoms with Crippen LogP contribution in [0.25, 0.3) is 0 Å². The number of ether oxygens (including phenoxy) is 1. The minimum Gasteiger partial charge on any atom is -0.492 e. The summed E-state index contributed by atoms with van der Waals surface area (Å²) in [6, 6.07) is 4.71. The van der Waals surface area contributed by atoms with Gasteiger partial charge in [0.15, 0.2) is 0 Å². The van der Waals surface area contributed by atoms with E-state index in [0.717, 1.165) is 44.9 Å². The van der Waals surface area contributed by atoms with Crippen molar-refractivity contribution >= 4 is 5.91 Å². The number of halogens is 3. The average molecular weight is 359 g/mol. The van der Waals surface area contributed by atoms with E-state index in [1.54, 1.807) is 0 Å². The first-order valence-electron chi connectivity index (χ1n) is 8.40. The third-order valence-corrected chi connectivity index (χ3v) is 4.13. The highest BCUT2D eigenvalue weighted by molar-refractivity contribution is 5.78. The lowest BCUT2D eigenvalue weighted by Gasteiger charge is -2.33. The summed E-state index contributed by atoms with van der Waals surface area (Å²) in [5.74, 6) is 0.0392. The number of nitrogens with one attached hydrogen (secondary N) is 1. The zero-order valence-electron chi connectivity index (χ0n) is 14.3. The van der Waals surface area contributed by atoms with Gasteiger partial charge in [-0.3, -0.25) is 9.69 Å². The fraction of sp³-hybridized carbons (Fsp3) is 0.588. The molecule has 25 heavy (non-hydrogen) atoms. The molecule has 1 aliphatic heterocycles. The van der Waals surface area contributed by atoms with Gasteiger partial charge in [0, 0.05) is 26.2 Å². The highest BCUT2D eigenvalue weighted by Crippen LogP contribution is 2.31. The molecule has 1 fully saturated rings. The van der Waals surface area contributed by atoms with Crippen LogP contribution in [-0.2, 0) is 11.0 Å². The molecule has 1 aromatic carbocycles. The molecule has 1 N–H and O–H groups in total. The van der Waals surface area contributed by atoms with Crippen LogP contribution in [0.5, 0.6) is 5.75 Å². The molecule has 1 aliphatic rings. The maximum absolute atomic E-state index is 12.6. The Hall–Kier alpha value is -1.80. The first-order valence-corrected chi connectivity index (χ1v) is 8.40. The second-order valence-corrected chi connectivity index (χ2v) is 5.93. The molecule has 0 spiro atoms. The van der Waals surface area contributed by atoms with Crippen LogP contribution in [0.3, 0.4) is 0 Å². The molecule has 0 aromatic heterocycles. The normalized spacial score (nSPS) is 16.6. The molecular weight excluding hydrogens is 335 g/mol. The largest absolute Gasteiger partial charge is 0.492 e. The number of hydrogen-bond acceptors (Lipinski definition) is 4. The fourth-order valence-corrected chi connectivity index (χ4v) is 2.64. The molecule has 5 nitrogen and oxygen atoms in total. The number of hydrogen-bond donors (Lipinski definition) is 1. The van der Waals surface area contributed by atoms with Crippen LogP contribution >= 0.6 is 0 Å². The SMILES string of the molecule is CCN1CCN(CC(=O)NCCOc2cccc(C(F)(F)F)c2)CC1. The average Bonchev–Trinajstić information content (AvgIpc) is 2.59. The molecule has 1 saturated heterocycles. The van der Waals surface area contributed by atoms with Gasteiger partial charge in [0.2, 0.25) is 5.91 Å². The van der Waals surface area contributed by atoms with Crippen molar-refractivity contribution in [2.75, 3.05) is 52.4 Å². The van der Waals surface area contributed by atoms with Crippen molar-refractivity contribution in [1.82, 2.24) is 15.1 Å². The second-order valence-electron chi connectivity index (χ2n) is 5.93. The van der Waals surface area contributed by atoms with E-state index >= 15 is 0 Å². The second kappa shape index (κ2) is 9.05. The lowest BCUT2D eigenvalue weighted by atomic mass is 10.2. The van der Waals surface area contributed by atoms with Gasteiger partial charge in [-0.1, -0.05) is 13.0 Å². The van der Waals surface area contributed by atoms with Crippen LogP contribution in [0.2, 0.25) is 0 Å². The Bertz CT molecular complexity index is 558. The highest BCUT2D eigenvalue weighted by atomic mass is 19.4. The highest BCUT2D eigenvalue weighted by Gasteiger charge is 2.30. The van der Waals surface area contributed by atoms with Gasteiger partial charge in [-0.2, -0.15) is 13.2 Å². The molecular formula is C17H24F3N3O2. The summed E-state index contributed by atoms with van der Waals surface area (Å²) in [5.41, 5.74) is -0.750. The van der Waals surface area contributed by atoms with Crippen molar-refractivity contribution in [2.24, 2.45) is 0 Å². The third kappa shape index (κ3) is 6.55. The van der Waals surface area contributed by atoms with Gasteiger partial charge in [0.05, 0.1) is 18.7 Å². The minimum atomic E-state index is -4.39. The Labute approximate surface area is 145 Å². The number of rotatable bonds is 7. The third-order valence-electron chi connectivity index (χ3n) is 4.13. The van der Waals surface area contributed by atoms with Crippen LogP contribution < -0.4 is 10.1 Å². The van der Waals surface area contributed by atoms with Crippen molar-refractivity contribution in [3.63, 3.8) is 0 Å². The molecule has 0 radical (unpaired) electrons. The van der Waals surface area contributed by atoms with Crippen LogP contribution in [0, 0.1) is 0 Å². The van der Waals surface area contributed by atoms with Crippen molar-refractivity contribution in [2.45, 2.75) is 13.1 Å². The summed E-state index contributed by atoms with van der Waals surface area (Å²) in [7, 11) is 0. The molecule has 1 heterocycles. The summed E-state index contributed by atoms with van der Waals surface area (Å²) in [5, 5.41) is 2.73. The number of amides is 1. The van der Waals surface area contributed by atoms with Crippen LogP contribution in [0.15, 0.2) is 24.3 Å². The minimum absolute atomic E-state index is 0.0995. The topological polar surface area (TPSA) is 44.8 Å². The number of piperazine rings is 1. The first-order chi connectivity index (χ1) is 11.9. The molecule has 0 aliphatic carbocycles. The Morgan fingerprint density at radius 3 is 2.52 bits per heavy atom. The number of carbonyl (C=O) groups is 1. The Morgan fingerprint density at radius 1 is 1.20 bits per heavy atom. The van der Waals surface area contributed by atoms with Gasteiger partial charge >= 0.3 is 6.18 Å². The molecule has 0 unspecified atom stereocenters. The van der Waals surface area contributed by atoms with E-state index < -0.39 is 11.7 Å². The van der Waals surface area contributed by atoms with Gasteiger partial charge in [-0.15, -0.1) is 0 Å². The lowest BCUT2D eigenvalue weighted by Crippen LogP contribution is -2.49. The van der Waals surface area contributed by atoms with Gasteiger partial charge in [-0.25, -0.2) is 0 Å². The van der Waals surface area contributed by atoms with E-state index in [-0.39, 0.29) is 24.8 Å². The van der Waals surface area contributed by atoms with Crippen molar-refractivity contribution in [3.8, 4) is 5.75 Å². The summed E-state index contributed by atoms with van der Waals surface area (Å²) in [6.45, 7) is 7.50. The Kier molecular flexibility index (Phi) is 7.07. The number of nitrogens with zero attached hydrogens (tertiary/aromatic N) is 2. The lowest BCUT2D eigenvalue weighted by molar-refractivity contribution is -0.137. The van der Waals surface area contributed by atoms with Crippen molar-refractivity contribution in [1.29, 1.82) is 0 Å². The van der Waals surface area contributed by atoms with E-state index in [9.17, 15) is 18.0 Å². The summed E-state index contributed by atoms with van der Waals surface area (Å²) in [6.07, 6.45) is -4.39. The molecule has 1 amide bonds. The molecule has 2 rings (SSSR count). The van der Waals surface area contributed by atoms with E-state index in [0.29, 0.717) is 6.54 Å². The number of alkyl halides is 3. The zero-order chi connectivity index (χ0) is 18.3. The summed E-state index contributed by atoms with van der Waals surface area (Å²) in [4.78, 5) is 16.3. The first kappa shape index (κ1) is 19.5. The van der Waals surface area contributed by atoms with Crippen LogP contribution in [-0.4, -0.2) is 68.1 Å². The molecule has 0 atom stereocenters. The molecule has 1 aromatic rings. The maximum atomic E-state index is 12.6. The van der Waals surface area contributed by atoms with E-state index in [4.69, 9.17) is 4.74 Å². The maximum Gasteiger partial charge on any atom is 0.416 e. The van der Waals surface area contributed by atoms with Gasteiger partial charge < -0.3 is 15.0 Å². The summed E-state index contributed by atoms with van der Waals surface area (Å²) < 4.78 is 43.1. The fourth-order valence-electron chi connectivity index (χ4n) is 2.64. The van der Waals surface area contributed by atoms with Crippen molar-refractivity contribution < 1.29 is 22.7 Å². The molecule has 8 heteroatoms. The van der Waals surface area contributed by atoms with E-state index in [1.807, 2.05) is 0 Å². The van der Waals surface area contributed by atoms with E-state index in [1.165, 1.54) is 12.1 Å². The predicted molar refractivity (Wildman–Crippen MR) is 88.5 cm³/mol. The van der Waals surface area contributed by atoms with Gasteiger partial charge in [0.1, 0.15) is 12.4 Å². The van der Waals surface area contributed by atoms with Crippen LogP contribution in [0.1, 0.15) is 12.5 Å². The Morgan fingerprint density at radius 2 is 1.88 bits per heavy atom. The zero-order valence-corrected chi connectivity index (χ0v) is 14.3. The summed E-state index contributed by atoms with van der Waals surface area (Å²) >= 11 is 0. The Balaban J connectivity index is 1.65. The smallest absolute Gasteiger partial charge is 0.416 e. The standard InChI is InChI=1S/C17H24F3N3O2/c1-2-22-7-9-23(10-8-22)13-16(24)21-6-11-25-15-5-3-4-14(12-15)17(18,19)20/h3-5,12H,2,6-11,13H2,1H3,(H,21,24). The number of carbonyl (C=O) groups excluding carboxylic acids is 1. The van der Waals surface area contributed by atoms with Crippen LogP contribution in [0.4, 0.5) is 13.2 Å². The van der Waals surface area contributed by atoms with Gasteiger partial charge in [-0.05, 0) is 24.7 Å². The quantitative estimate of drug-likeness (QED) is 0.755. The van der Waals surface area contributed by atoms with E-state index in [2.05, 4.69) is 22.0 Å². The monoisotopic (exact) mass is 359 g/mol.